The van der Waals surface area contributed by atoms with Gasteiger partial charge in [-0.05, 0) is 24.3 Å². The molecule has 1 amide bonds. The summed E-state index contributed by atoms with van der Waals surface area (Å²) >= 11 is 0. The van der Waals surface area contributed by atoms with Crippen molar-refractivity contribution in [3.63, 3.8) is 0 Å². The van der Waals surface area contributed by atoms with Gasteiger partial charge in [-0.1, -0.05) is 5.92 Å². The van der Waals surface area contributed by atoms with Crippen molar-refractivity contribution in [3.8, 4) is 18.1 Å². The van der Waals surface area contributed by atoms with Gasteiger partial charge >= 0.3 is 0 Å². The van der Waals surface area contributed by atoms with Crippen LogP contribution in [0.25, 0.3) is 0 Å². The maximum atomic E-state index is 12.0. The number of carbonyl (C=O) groups is 1. The molecule has 0 atom stereocenters. The third kappa shape index (κ3) is 5.10. The Labute approximate surface area is 125 Å². The van der Waals surface area contributed by atoms with Crippen LogP contribution in [0.4, 0.5) is 0 Å². The van der Waals surface area contributed by atoms with E-state index in [-0.39, 0.29) is 12.5 Å². The number of rotatable bonds is 6. The molecule has 1 saturated heterocycles. The molecule has 0 unspecified atom stereocenters. The second-order valence-corrected chi connectivity index (χ2v) is 4.89. The van der Waals surface area contributed by atoms with Crippen molar-refractivity contribution in [2.45, 2.75) is 0 Å². The summed E-state index contributed by atoms with van der Waals surface area (Å²) < 4.78 is 10.6. The summed E-state index contributed by atoms with van der Waals surface area (Å²) in [6.45, 7) is 5.47. The average molecular weight is 289 g/mol. The Morgan fingerprint density at radius 2 is 2.05 bits per heavy atom. The molecule has 1 heterocycles. The highest BCUT2D eigenvalue weighted by molar-refractivity contribution is 5.94. The summed E-state index contributed by atoms with van der Waals surface area (Å²) in [6, 6.07) is 6.98. The van der Waals surface area contributed by atoms with Crippen LogP contribution < -0.4 is 15.0 Å². The first kappa shape index (κ1) is 15.4. The quantitative estimate of drug-likeness (QED) is 0.684. The lowest BCUT2D eigenvalue weighted by molar-refractivity contribution is -0.906. The molecule has 2 N–H and O–H groups in total. The average Bonchev–Trinajstić information content (AvgIpc) is 2.54. The van der Waals surface area contributed by atoms with Gasteiger partial charge in [0.2, 0.25) is 0 Å². The standard InChI is InChI=1S/C16H20N2O3/c1-2-11-21-15-5-3-14(4-6-15)16(19)17-7-8-18-9-12-20-13-10-18/h1,3-6H,7-13H2,(H,17,19)/p+1. The van der Waals surface area contributed by atoms with E-state index in [1.807, 2.05) is 0 Å². The number of quaternary nitrogens is 1. The summed E-state index contributed by atoms with van der Waals surface area (Å²) in [5.41, 5.74) is 0.625. The summed E-state index contributed by atoms with van der Waals surface area (Å²) in [5.74, 6) is 3.00. The van der Waals surface area contributed by atoms with Gasteiger partial charge in [0.25, 0.3) is 5.91 Å². The van der Waals surface area contributed by atoms with Crippen LogP contribution in [0.3, 0.4) is 0 Å². The number of amides is 1. The molecule has 1 aliphatic heterocycles. The van der Waals surface area contributed by atoms with Crippen molar-refractivity contribution in [1.29, 1.82) is 0 Å². The van der Waals surface area contributed by atoms with Crippen molar-refractivity contribution in [1.82, 2.24) is 5.32 Å². The van der Waals surface area contributed by atoms with Gasteiger partial charge in [0.15, 0.2) is 0 Å². The molecule has 21 heavy (non-hydrogen) atoms. The highest BCUT2D eigenvalue weighted by Crippen LogP contribution is 2.11. The second-order valence-electron chi connectivity index (χ2n) is 4.89. The SMILES string of the molecule is C#CCOc1ccc(C(=O)NCC[NH+]2CCOCC2)cc1. The molecule has 1 aromatic carbocycles. The number of morpholine rings is 1. The van der Waals surface area contributed by atoms with Crippen LogP contribution in [0, 0.1) is 12.3 Å². The fourth-order valence-corrected chi connectivity index (χ4v) is 2.19. The maximum absolute atomic E-state index is 12.0. The molecular weight excluding hydrogens is 268 g/mol. The predicted octanol–water partition coefficient (Wildman–Crippen LogP) is -0.656. The van der Waals surface area contributed by atoms with Crippen LogP contribution in [0.5, 0.6) is 5.75 Å². The lowest BCUT2D eigenvalue weighted by atomic mass is 10.2. The first-order valence-electron chi connectivity index (χ1n) is 7.15. The Kier molecular flexibility index (Phi) is 6.07. The van der Waals surface area contributed by atoms with E-state index in [0.717, 1.165) is 32.8 Å². The zero-order valence-electron chi connectivity index (χ0n) is 12.1. The first-order valence-corrected chi connectivity index (χ1v) is 7.15. The summed E-state index contributed by atoms with van der Waals surface area (Å²) in [5, 5.41) is 2.94. The molecule has 0 radical (unpaired) electrons. The largest absolute Gasteiger partial charge is 0.481 e. The zero-order valence-corrected chi connectivity index (χ0v) is 12.1. The molecule has 1 aliphatic rings. The van der Waals surface area contributed by atoms with Crippen molar-refractivity contribution in [2.75, 3.05) is 46.0 Å². The van der Waals surface area contributed by atoms with Crippen molar-refractivity contribution in [3.05, 3.63) is 29.8 Å². The molecule has 0 bridgehead atoms. The Hall–Kier alpha value is -2.03. The van der Waals surface area contributed by atoms with Crippen LogP contribution >= 0.6 is 0 Å². The third-order valence-electron chi connectivity index (χ3n) is 3.40. The molecule has 5 nitrogen and oxygen atoms in total. The third-order valence-corrected chi connectivity index (χ3v) is 3.40. The van der Waals surface area contributed by atoms with Gasteiger partial charge in [-0.15, -0.1) is 6.42 Å². The fourth-order valence-electron chi connectivity index (χ4n) is 2.19. The van der Waals surface area contributed by atoms with Crippen molar-refractivity contribution >= 4 is 5.91 Å². The number of hydrogen-bond acceptors (Lipinski definition) is 3. The lowest BCUT2D eigenvalue weighted by Crippen LogP contribution is -3.14. The molecule has 0 spiro atoms. The molecule has 0 saturated carbocycles. The van der Waals surface area contributed by atoms with Crippen LogP contribution in [0.1, 0.15) is 10.4 Å². The molecule has 112 valence electrons. The smallest absolute Gasteiger partial charge is 0.251 e. The maximum Gasteiger partial charge on any atom is 0.251 e. The van der Waals surface area contributed by atoms with Gasteiger partial charge in [0, 0.05) is 5.56 Å². The molecule has 5 heteroatoms. The highest BCUT2D eigenvalue weighted by atomic mass is 16.5. The van der Waals surface area contributed by atoms with Crippen LogP contribution in [-0.2, 0) is 4.74 Å². The lowest BCUT2D eigenvalue weighted by Gasteiger charge is -2.23. The number of terminal acetylenes is 1. The fraction of sp³-hybridized carbons (Fsp3) is 0.438. The Balaban J connectivity index is 1.73. The monoisotopic (exact) mass is 289 g/mol. The predicted molar refractivity (Wildman–Crippen MR) is 79.5 cm³/mol. The van der Waals surface area contributed by atoms with Crippen LogP contribution in [0.15, 0.2) is 24.3 Å². The van der Waals surface area contributed by atoms with Gasteiger partial charge in [-0.3, -0.25) is 4.79 Å². The molecule has 0 aromatic heterocycles. The zero-order chi connectivity index (χ0) is 14.9. The van der Waals surface area contributed by atoms with E-state index in [9.17, 15) is 4.79 Å². The second kappa shape index (κ2) is 8.30. The summed E-state index contributed by atoms with van der Waals surface area (Å²) in [4.78, 5) is 13.5. The number of benzene rings is 1. The van der Waals surface area contributed by atoms with E-state index in [1.165, 1.54) is 4.90 Å². The normalized spacial score (nSPS) is 15.2. The van der Waals surface area contributed by atoms with E-state index < -0.39 is 0 Å². The first-order chi connectivity index (χ1) is 10.3. The summed E-state index contributed by atoms with van der Waals surface area (Å²) in [7, 11) is 0. The Bertz CT molecular complexity index is 487. The minimum Gasteiger partial charge on any atom is -0.481 e. The van der Waals surface area contributed by atoms with Gasteiger partial charge in [-0.25, -0.2) is 0 Å². The minimum absolute atomic E-state index is 0.0637. The Morgan fingerprint density at radius 3 is 2.71 bits per heavy atom. The number of nitrogens with one attached hydrogen (secondary N) is 2. The Morgan fingerprint density at radius 1 is 1.33 bits per heavy atom. The van der Waals surface area contributed by atoms with Crippen molar-refractivity contribution in [2.24, 2.45) is 0 Å². The number of ether oxygens (including phenoxy) is 2. The molecule has 1 fully saturated rings. The molecule has 1 aromatic rings. The summed E-state index contributed by atoms with van der Waals surface area (Å²) in [6.07, 6.45) is 5.12. The van der Waals surface area contributed by atoms with Gasteiger partial charge in [0.1, 0.15) is 25.4 Å². The van der Waals surface area contributed by atoms with E-state index >= 15 is 0 Å². The molecule has 0 aliphatic carbocycles. The molecular formula is C16H21N2O3+. The highest BCUT2D eigenvalue weighted by Gasteiger charge is 2.13. The number of carbonyl (C=O) groups excluding carboxylic acids is 1. The van der Waals surface area contributed by atoms with E-state index in [0.29, 0.717) is 17.9 Å². The van der Waals surface area contributed by atoms with Crippen LogP contribution in [-0.4, -0.2) is 51.9 Å². The molecule has 2 rings (SSSR count). The van der Waals surface area contributed by atoms with E-state index in [4.69, 9.17) is 15.9 Å². The van der Waals surface area contributed by atoms with Gasteiger partial charge in [0.05, 0.1) is 26.3 Å². The van der Waals surface area contributed by atoms with Crippen LogP contribution in [0.2, 0.25) is 0 Å². The number of hydrogen-bond donors (Lipinski definition) is 2. The van der Waals surface area contributed by atoms with E-state index in [1.54, 1.807) is 24.3 Å². The minimum atomic E-state index is -0.0637. The van der Waals surface area contributed by atoms with E-state index in [2.05, 4.69) is 11.2 Å². The van der Waals surface area contributed by atoms with Gasteiger partial charge < -0.3 is 19.7 Å². The van der Waals surface area contributed by atoms with Gasteiger partial charge in [-0.2, -0.15) is 0 Å². The van der Waals surface area contributed by atoms with Crippen molar-refractivity contribution < 1.29 is 19.2 Å². The topological polar surface area (TPSA) is 52.0 Å².